The Morgan fingerprint density at radius 2 is 1.44 bits per heavy atom. The van der Waals surface area contributed by atoms with Crippen LogP contribution in [-0.2, 0) is 9.47 Å². The first-order valence-corrected chi connectivity index (χ1v) is 6.11. The monoisotopic (exact) mass is 245 g/mol. The molecule has 0 saturated heterocycles. The predicted octanol–water partition coefficient (Wildman–Crippen LogP) is 1.41. The van der Waals surface area contributed by atoms with Crippen LogP contribution >= 0.6 is 0 Å². The summed E-state index contributed by atoms with van der Waals surface area (Å²) in [6.45, 7) is 5.27. The normalized spacial score (nSPS) is 26.3. The highest BCUT2D eigenvalue weighted by molar-refractivity contribution is 5.97. The molecule has 0 amide bonds. The third-order valence-electron chi connectivity index (χ3n) is 2.79. The van der Waals surface area contributed by atoms with Gasteiger partial charge in [-0.25, -0.2) is 15.0 Å². The molecule has 94 valence electrons. The van der Waals surface area contributed by atoms with Crippen LogP contribution in [0.15, 0.2) is 28.2 Å². The van der Waals surface area contributed by atoms with Crippen molar-refractivity contribution in [3.63, 3.8) is 0 Å². The van der Waals surface area contributed by atoms with Crippen LogP contribution in [0.5, 0.6) is 0 Å². The van der Waals surface area contributed by atoms with Crippen LogP contribution in [0.4, 0.5) is 0 Å². The lowest BCUT2D eigenvalue weighted by Crippen LogP contribution is -2.10. The fourth-order valence-electron chi connectivity index (χ4n) is 1.90. The van der Waals surface area contributed by atoms with Crippen molar-refractivity contribution in [1.82, 2.24) is 4.98 Å². The maximum Gasteiger partial charge on any atom is 0.235 e. The molecule has 0 fully saturated rings. The van der Waals surface area contributed by atoms with Gasteiger partial charge in [-0.2, -0.15) is 0 Å². The average Bonchev–Trinajstić information content (AvgIpc) is 2.98. The summed E-state index contributed by atoms with van der Waals surface area (Å²) in [5.74, 6) is 1.21. The van der Waals surface area contributed by atoms with Crippen molar-refractivity contribution in [2.75, 3.05) is 13.2 Å². The zero-order valence-electron chi connectivity index (χ0n) is 10.5. The quantitative estimate of drug-likeness (QED) is 0.791. The molecule has 5 nitrogen and oxygen atoms in total. The molecule has 1 aromatic rings. The molecule has 3 rings (SSSR count). The van der Waals surface area contributed by atoms with Gasteiger partial charge in [-0.3, -0.25) is 0 Å². The van der Waals surface area contributed by atoms with Gasteiger partial charge in [0, 0.05) is 0 Å². The zero-order chi connectivity index (χ0) is 12.5. The molecule has 2 aliphatic rings. The molecule has 0 saturated carbocycles. The maximum absolute atomic E-state index is 5.50. The lowest BCUT2D eigenvalue weighted by Gasteiger charge is -2.04. The van der Waals surface area contributed by atoms with E-state index in [1.807, 2.05) is 32.0 Å². The minimum Gasteiger partial charge on any atom is -0.474 e. The van der Waals surface area contributed by atoms with Gasteiger partial charge >= 0.3 is 0 Å². The first-order valence-electron chi connectivity index (χ1n) is 6.11. The van der Waals surface area contributed by atoms with Crippen molar-refractivity contribution >= 4 is 11.8 Å². The molecule has 5 heteroatoms. The second kappa shape index (κ2) is 4.40. The van der Waals surface area contributed by atoms with E-state index in [0.29, 0.717) is 25.0 Å². The van der Waals surface area contributed by atoms with Gasteiger partial charge in [-0.1, -0.05) is 6.07 Å². The van der Waals surface area contributed by atoms with E-state index in [9.17, 15) is 0 Å². The Bertz CT molecular complexity index is 481. The molecule has 0 bridgehead atoms. The topological polar surface area (TPSA) is 56.1 Å². The lowest BCUT2D eigenvalue weighted by atomic mass is 10.3. The summed E-state index contributed by atoms with van der Waals surface area (Å²) >= 11 is 0. The number of aromatic nitrogens is 1. The van der Waals surface area contributed by atoms with Gasteiger partial charge in [0.15, 0.2) is 0 Å². The Hall–Kier alpha value is -1.91. The number of hydrogen-bond donors (Lipinski definition) is 0. The van der Waals surface area contributed by atoms with E-state index in [1.165, 1.54) is 0 Å². The molecule has 0 N–H and O–H groups in total. The third-order valence-corrected chi connectivity index (χ3v) is 2.79. The highest BCUT2D eigenvalue weighted by atomic mass is 16.5. The average molecular weight is 245 g/mol. The van der Waals surface area contributed by atoms with Gasteiger partial charge in [-0.15, -0.1) is 0 Å². The first kappa shape index (κ1) is 11.2. The summed E-state index contributed by atoms with van der Waals surface area (Å²) in [5.41, 5.74) is 1.48. The predicted molar refractivity (Wildman–Crippen MR) is 68.1 cm³/mol. The van der Waals surface area contributed by atoms with E-state index in [4.69, 9.17) is 9.47 Å². The molecule has 0 spiro atoms. The lowest BCUT2D eigenvalue weighted by molar-refractivity contribution is 0.321. The number of aliphatic imine (C=N–C) groups is 2. The molecule has 0 aromatic carbocycles. The largest absolute Gasteiger partial charge is 0.474 e. The third kappa shape index (κ3) is 2.08. The summed E-state index contributed by atoms with van der Waals surface area (Å²) in [5, 5.41) is 0. The van der Waals surface area contributed by atoms with Gasteiger partial charge in [0.1, 0.15) is 24.6 Å². The van der Waals surface area contributed by atoms with E-state index < -0.39 is 0 Å². The number of hydrogen-bond acceptors (Lipinski definition) is 5. The van der Waals surface area contributed by atoms with E-state index in [1.54, 1.807) is 0 Å². The molecular weight excluding hydrogens is 230 g/mol. The molecule has 18 heavy (non-hydrogen) atoms. The van der Waals surface area contributed by atoms with Gasteiger partial charge < -0.3 is 9.47 Å². The van der Waals surface area contributed by atoms with Crippen molar-refractivity contribution < 1.29 is 9.47 Å². The number of nitrogens with zero attached hydrogens (tertiary/aromatic N) is 3. The van der Waals surface area contributed by atoms with Crippen LogP contribution in [0.2, 0.25) is 0 Å². The SMILES string of the molecule is C[C@H]1COC(c2cccc(C3=N[C@@H](C)CO3)n2)=N1. The summed E-state index contributed by atoms with van der Waals surface area (Å²) < 4.78 is 11.0. The summed E-state index contributed by atoms with van der Waals surface area (Å²) in [6, 6.07) is 6.09. The minimum absolute atomic E-state index is 0.200. The van der Waals surface area contributed by atoms with Crippen molar-refractivity contribution in [3.8, 4) is 0 Å². The highest BCUT2D eigenvalue weighted by Crippen LogP contribution is 2.13. The van der Waals surface area contributed by atoms with Gasteiger partial charge in [0.25, 0.3) is 0 Å². The fourth-order valence-corrected chi connectivity index (χ4v) is 1.90. The minimum atomic E-state index is 0.200. The van der Waals surface area contributed by atoms with Crippen molar-refractivity contribution in [2.24, 2.45) is 9.98 Å². The van der Waals surface area contributed by atoms with E-state index in [0.717, 1.165) is 11.4 Å². The second-order valence-electron chi connectivity index (χ2n) is 4.60. The Morgan fingerprint density at radius 3 is 1.83 bits per heavy atom. The fraction of sp³-hybridized carbons (Fsp3) is 0.462. The van der Waals surface area contributed by atoms with Gasteiger partial charge in [-0.05, 0) is 26.0 Å². The Balaban J connectivity index is 1.90. The maximum atomic E-state index is 5.50. The zero-order valence-corrected chi connectivity index (χ0v) is 10.5. The number of pyridine rings is 1. The standard InChI is InChI=1S/C13H15N3O2/c1-8-6-17-12(14-8)10-4-3-5-11(16-10)13-15-9(2)7-18-13/h3-5,8-9H,6-7H2,1-2H3/t8-,9-/m0/s1. The summed E-state index contributed by atoms with van der Waals surface area (Å²) in [6.07, 6.45) is 0. The van der Waals surface area contributed by atoms with Crippen LogP contribution in [0.25, 0.3) is 0 Å². The van der Waals surface area contributed by atoms with E-state index >= 15 is 0 Å². The highest BCUT2D eigenvalue weighted by Gasteiger charge is 2.21. The van der Waals surface area contributed by atoms with Crippen LogP contribution in [0, 0.1) is 0 Å². The first-order chi connectivity index (χ1) is 8.72. The van der Waals surface area contributed by atoms with Crippen molar-refractivity contribution in [1.29, 1.82) is 0 Å². The van der Waals surface area contributed by atoms with Crippen molar-refractivity contribution in [3.05, 3.63) is 29.6 Å². The number of rotatable bonds is 2. The van der Waals surface area contributed by atoms with E-state index in [2.05, 4.69) is 15.0 Å². The van der Waals surface area contributed by atoms with Gasteiger partial charge in [0.2, 0.25) is 11.8 Å². The van der Waals surface area contributed by atoms with E-state index in [-0.39, 0.29) is 12.1 Å². The molecule has 1 aromatic heterocycles. The smallest absolute Gasteiger partial charge is 0.235 e. The summed E-state index contributed by atoms with van der Waals surface area (Å²) in [4.78, 5) is 13.3. The molecule has 0 aliphatic carbocycles. The van der Waals surface area contributed by atoms with Gasteiger partial charge in [0.05, 0.1) is 12.1 Å². The molecule has 2 aliphatic heterocycles. The second-order valence-corrected chi connectivity index (χ2v) is 4.60. The molecule has 0 unspecified atom stereocenters. The Labute approximate surface area is 106 Å². The van der Waals surface area contributed by atoms with Crippen LogP contribution in [-0.4, -0.2) is 42.1 Å². The number of ether oxygens (including phenoxy) is 2. The Morgan fingerprint density at radius 1 is 0.944 bits per heavy atom. The van der Waals surface area contributed by atoms with Crippen molar-refractivity contribution in [2.45, 2.75) is 25.9 Å². The molecular formula is C13H15N3O2. The van der Waals surface area contributed by atoms with Crippen LogP contribution < -0.4 is 0 Å². The Kier molecular flexibility index (Phi) is 2.74. The van der Waals surface area contributed by atoms with Crippen LogP contribution in [0.1, 0.15) is 25.2 Å². The molecule has 3 heterocycles. The van der Waals surface area contributed by atoms with Crippen LogP contribution in [0.3, 0.4) is 0 Å². The molecule has 0 radical (unpaired) electrons. The molecule has 2 atom stereocenters. The summed E-state index contributed by atoms with van der Waals surface area (Å²) in [7, 11) is 0.